The van der Waals surface area contributed by atoms with Gasteiger partial charge in [0.2, 0.25) is 0 Å². The zero-order valence-corrected chi connectivity index (χ0v) is 23.0. The number of nitrogens with zero attached hydrogens (tertiary/aromatic N) is 1. The highest BCUT2D eigenvalue weighted by atomic mass is 16.5. The Bertz CT molecular complexity index is 1400. The molecule has 198 valence electrons. The van der Waals surface area contributed by atoms with E-state index in [-0.39, 0.29) is 22.7 Å². The lowest BCUT2D eigenvalue weighted by Gasteiger charge is -2.27. The zero-order chi connectivity index (χ0) is 27.8. The first kappa shape index (κ1) is 27.0. The monoisotopic (exact) mass is 513 g/mol. The van der Waals surface area contributed by atoms with Crippen LogP contribution in [-0.4, -0.2) is 31.0 Å². The van der Waals surface area contributed by atoms with Crippen molar-refractivity contribution in [1.29, 1.82) is 0 Å². The van der Waals surface area contributed by atoms with Gasteiger partial charge in [0.1, 0.15) is 17.3 Å². The summed E-state index contributed by atoms with van der Waals surface area (Å²) in [4.78, 5) is 28.5. The molecule has 1 unspecified atom stereocenters. The summed E-state index contributed by atoms with van der Waals surface area (Å²) >= 11 is 0. The number of hydrogen-bond donors (Lipinski definition) is 1. The predicted molar refractivity (Wildman–Crippen MR) is 150 cm³/mol. The van der Waals surface area contributed by atoms with Crippen LogP contribution in [0.5, 0.6) is 11.5 Å². The molecule has 1 saturated heterocycles. The highest BCUT2D eigenvalue weighted by Crippen LogP contribution is 2.43. The molecule has 1 amide bonds. The SMILES string of the molecule is COc1cccc(C2/C(=C(/O)c3ccc(OC)c(C(C)C)c3)C(=O)C(=O)N2c2ccc(C(C)(C)C)cc2)c1. The van der Waals surface area contributed by atoms with E-state index in [2.05, 4.69) is 20.8 Å². The number of ketones is 1. The number of carbonyl (C=O) groups excluding carboxylic acids is 2. The minimum atomic E-state index is -0.838. The van der Waals surface area contributed by atoms with Crippen molar-refractivity contribution >= 4 is 23.1 Å². The van der Waals surface area contributed by atoms with E-state index in [1.165, 1.54) is 4.90 Å². The minimum absolute atomic E-state index is 0.0306. The number of carbonyl (C=O) groups is 2. The van der Waals surface area contributed by atoms with Crippen LogP contribution in [0.1, 0.15) is 68.8 Å². The van der Waals surface area contributed by atoms with Crippen LogP contribution in [-0.2, 0) is 15.0 Å². The first-order chi connectivity index (χ1) is 18.0. The Labute approximate surface area is 224 Å². The Hall–Kier alpha value is -4.06. The number of ether oxygens (including phenoxy) is 2. The molecular weight excluding hydrogens is 478 g/mol. The Balaban J connectivity index is 1.93. The van der Waals surface area contributed by atoms with Crippen molar-refractivity contribution in [3.63, 3.8) is 0 Å². The minimum Gasteiger partial charge on any atom is -0.507 e. The Morgan fingerprint density at radius 2 is 1.61 bits per heavy atom. The number of amides is 1. The molecule has 0 radical (unpaired) electrons. The normalized spacial score (nSPS) is 17.3. The van der Waals surface area contributed by atoms with Gasteiger partial charge in [0.05, 0.1) is 25.8 Å². The largest absolute Gasteiger partial charge is 0.507 e. The molecule has 0 aromatic heterocycles. The fourth-order valence-electron chi connectivity index (χ4n) is 4.84. The van der Waals surface area contributed by atoms with E-state index in [1.54, 1.807) is 44.6 Å². The summed E-state index contributed by atoms with van der Waals surface area (Å²) in [5.74, 6) is -0.259. The molecule has 1 N–H and O–H groups in total. The third kappa shape index (κ3) is 4.91. The molecular formula is C32H35NO5. The van der Waals surface area contributed by atoms with Crippen molar-refractivity contribution in [2.45, 2.75) is 52.0 Å². The van der Waals surface area contributed by atoms with Gasteiger partial charge >= 0.3 is 0 Å². The van der Waals surface area contributed by atoms with Crippen molar-refractivity contribution in [1.82, 2.24) is 0 Å². The molecule has 1 aliphatic rings. The lowest BCUT2D eigenvalue weighted by molar-refractivity contribution is -0.132. The highest BCUT2D eigenvalue weighted by molar-refractivity contribution is 6.51. The van der Waals surface area contributed by atoms with Gasteiger partial charge in [-0.2, -0.15) is 0 Å². The summed E-state index contributed by atoms with van der Waals surface area (Å²) < 4.78 is 10.9. The molecule has 3 aromatic rings. The van der Waals surface area contributed by atoms with E-state index in [0.29, 0.717) is 28.3 Å². The Morgan fingerprint density at radius 1 is 0.921 bits per heavy atom. The van der Waals surface area contributed by atoms with Gasteiger partial charge in [0.25, 0.3) is 11.7 Å². The van der Waals surface area contributed by atoms with Gasteiger partial charge in [0, 0.05) is 11.3 Å². The summed E-state index contributed by atoms with van der Waals surface area (Å²) in [7, 11) is 3.16. The smallest absolute Gasteiger partial charge is 0.300 e. The number of hydrogen-bond acceptors (Lipinski definition) is 5. The van der Waals surface area contributed by atoms with Crippen LogP contribution in [0.25, 0.3) is 5.76 Å². The topological polar surface area (TPSA) is 76.1 Å². The first-order valence-electron chi connectivity index (χ1n) is 12.7. The van der Waals surface area contributed by atoms with E-state index < -0.39 is 17.7 Å². The molecule has 6 heteroatoms. The van der Waals surface area contributed by atoms with E-state index in [4.69, 9.17) is 9.47 Å². The van der Waals surface area contributed by atoms with Gasteiger partial charge in [0.15, 0.2) is 0 Å². The molecule has 0 saturated carbocycles. The predicted octanol–water partition coefficient (Wildman–Crippen LogP) is 6.75. The quantitative estimate of drug-likeness (QED) is 0.224. The Kier molecular flexibility index (Phi) is 7.36. The lowest BCUT2D eigenvalue weighted by Crippen LogP contribution is -2.29. The second-order valence-corrected chi connectivity index (χ2v) is 10.9. The van der Waals surface area contributed by atoms with Gasteiger partial charge in [-0.15, -0.1) is 0 Å². The van der Waals surface area contributed by atoms with Crippen LogP contribution in [0.4, 0.5) is 5.69 Å². The molecule has 38 heavy (non-hydrogen) atoms. The van der Waals surface area contributed by atoms with Crippen LogP contribution in [0, 0.1) is 0 Å². The van der Waals surface area contributed by atoms with Gasteiger partial charge in [-0.3, -0.25) is 14.5 Å². The average Bonchev–Trinajstić information content (AvgIpc) is 3.17. The number of Topliss-reactive ketones (excluding diaryl/α,β-unsaturated/α-hetero) is 1. The molecule has 0 spiro atoms. The number of anilines is 1. The van der Waals surface area contributed by atoms with E-state index in [9.17, 15) is 14.7 Å². The summed E-state index contributed by atoms with van der Waals surface area (Å²) in [6, 6.07) is 19.3. The summed E-state index contributed by atoms with van der Waals surface area (Å²) in [6.45, 7) is 10.4. The molecule has 1 aliphatic heterocycles. The second kappa shape index (κ2) is 10.4. The standard InChI is InChI=1S/C32H35NO5/c1-19(2)25-18-21(11-16-26(25)38-7)29(34)27-28(20-9-8-10-24(17-20)37-6)33(31(36)30(27)35)23-14-12-22(13-15-23)32(3,4)5/h8-19,28,34H,1-7H3/b29-27-. The molecule has 1 atom stereocenters. The van der Waals surface area contributed by atoms with Crippen molar-refractivity contribution < 1.29 is 24.2 Å². The number of rotatable bonds is 6. The molecule has 4 rings (SSSR count). The number of aliphatic hydroxyl groups is 1. The van der Waals surface area contributed by atoms with Gasteiger partial charge in [-0.1, -0.05) is 58.9 Å². The number of aliphatic hydroxyl groups excluding tert-OH is 1. The lowest BCUT2D eigenvalue weighted by atomic mass is 9.87. The summed E-state index contributed by atoms with van der Waals surface area (Å²) in [5, 5.41) is 11.6. The van der Waals surface area contributed by atoms with Gasteiger partial charge in [-0.05, 0) is 70.5 Å². The van der Waals surface area contributed by atoms with Crippen LogP contribution in [0.2, 0.25) is 0 Å². The van der Waals surface area contributed by atoms with Crippen molar-refractivity contribution in [3.8, 4) is 11.5 Å². The molecule has 6 nitrogen and oxygen atoms in total. The molecule has 1 heterocycles. The average molecular weight is 514 g/mol. The Morgan fingerprint density at radius 3 is 2.18 bits per heavy atom. The second-order valence-electron chi connectivity index (χ2n) is 10.9. The van der Waals surface area contributed by atoms with Crippen LogP contribution in [0.3, 0.4) is 0 Å². The molecule has 0 aliphatic carbocycles. The third-order valence-corrected chi connectivity index (χ3v) is 6.99. The molecule has 3 aromatic carbocycles. The van der Waals surface area contributed by atoms with Crippen molar-refractivity contribution in [2.24, 2.45) is 0 Å². The van der Waals surface area contributed by atoms with E-state index >= 15 is 0 Å². The van der Waals surface area contributed by atoms with Crippen LogP contribution < -0.4 is 14.4 Å². The number of methoxy groups -OCH3 is 2. The fourth-order valence-corrected chi connectivity index (χ4v) is 4.84. The van der Waals surface area contributed by atoms with Crippen molar-refractivity contribution in [2.75, 3.05) is 19.1 Å². The highest BCUT2D eigenvalue weighted by Gasteiger charge is 2.47. The summed E-state index contributed by atoms with van der Waals surface area (Å²) in [5.41, 5.74) is 3.64. The summed E-state index contributed by atoms with van der Waals surface area (Å²) in [6.07, 6.45) is 0. The van der Waals surface area contributed by atoms with Crippen LogP contribution >= 0.6 is 0 Å². The maximum absolute atomic E-state index is 13.5. The number of benzene rings is 3. The third-order valence-electron chi connectivity index (χ3n) is 6.99. The van der Waals surface area contributed by atoms with Crippen molar-refractivity contribution in [3.05, 3.63) is 94.6 Å². The fraction of sp³-hybridized carbons (Fsp3) is 0.312. The maximum Gasteiger partial charge on any atom is 0.300 e. The first-order valence-corrected chi connectivity index (χ1v) is 12.7. The van der Waals surface area contributed by atoms with E-state index in [0.717, 1.165) is 11.1 Å². The van der Waals surface area contributed by atoms with Gasteiger partial charge in [-0.25, -0.2) is 0 Å². The molecule has 0 bridgehead atoms. The maximum atomic E-state index is 13.5. The van der Waals surface area contributed by atoms with Crippen LogP contribution in [0.15, 0.2) is 72.3 Å². The zero-order valence-electron chi connectivity index (χ0n) is 23.0. The van der Waals surface area contributed by atoms with Gasteiger partial charge < -0.3 is 14.6 Å². The molecule has 1 fully saturated rings. The van der Waals surface area contributed by atoms with E-state index in [1.807, 2.05) is 50.2 Å².